The Balaban J connectivity index is 2.69. The summed E-state index contributed by atoms with van der Waals surface area (Å²) in [6.07, 6.45) is -1.40. The summed E-state index contributed by atoms with van der Waals surface area (Å²) in [4.78, 5) is 3.81. The van der Waals surface area contributed by atoms with Crippen LogP contribution in [0, 0.1) is 5.92 Å². The number of alkyl halides is 3. The molecular weight excluding hydrogens is 241 g/mol. The van der Waals surface area contributed by atoms with Gasteiger partial charge in [0.05, 0.1) is 5.56 Å². The van der Waals surface area contributed by atoms with Crippen molar-refractivity contribution in [2.24, 2.45) is 5.92 Å². The highest BCUT2D eigenvalue weighted by atomic mass is 19.4. The molecule has 0 saturated heterocycles. The monoisotopic (exact) mass is 260 g/mol. The van der Waals surface area contributed by atoms with Crippen LogP contribution < -0.4 is 5.32 Å². The Morgan fingerprint density at radius 2 is 1.83 bits per heavy atom. The van der Waals surface area contributed by atoms with Crippen LogP contribution in [0.5, 0.6) is 0 Å². The summed E-state index contributed by atoms with van der Waals surface area (Å²) in [5.41, 5.74) is -0.719. The van der Waals surface area contributed by atoms with Gasteiger partial charge >= 0.3 is 6.18 Å². The predicted molar refractivity (Wildman–Crippen MR) is 66.4 cm³/mol. The number of aromatic nitrogens is 1. The van der Waals surface area contributed by atoms with Gasteiger partial charge in [-0.05, 0) is 25.0 Å². The van der Waals surface area contributed by atoms with Crippen molar-refractivity contribution >= 4 is 5.82 Å². The van der Waals surface area contributed by atoms with Crippen molar-refractivity contribution in [1.29, 1.82) is 0 Å². The molecule has 0 aromatic carbocycles. The van der Waals surface area contributed by atoms with E-state index in [1.54, 1.807) is 0 Å². The van der Waals surface area contributed by atoms with Crippen molar-refractivity contribution in [1.82, 2.24) is 4.98 Å². The van der Waals surface area contributed by atoms with Crippen molar-refractivity contribution in [3.63, 3.8) is 0 Å². The molecule has 1 heterocycles. The quantitative estimate of drug-likeness (QED) is 0.852. The smallest absolute Gasteiger partial charge is 0.367 e. The summed E-state index contributed by atoms with van der Waals surface area (Å²) in [5.74, 6) is 0.983. The van der Waals surface area contributed by atoms with Crippen molar-refractivity contribution in [2.45, 2.75) is 45.8 Å². The highest BCUT2D eigenvalue weighted by Crippen LogP contribution is 2.29. The maximum atomic E-state index is 12.4. The van der Waals surface area contributed by atoms with Gasteiger partial charge in [-0.2, -0.15) is 13.2 Å². The van der Waals surface area contributed by atoms with Gasteiger partial charge in [-0.15, -0.1) is 0 Å². The zero-order valence-electron chi connectivity index (χ0n) is 10.9. The van der Waals surface area contributed by atoms with Gasteiger partial charge in [-0.3, -0.25) is 0 Å². The SMILES string of the molecule is CCC(CC)C(C)Nc1ccc(C(F)(F)F)cn1. The maximum Gasteiger partial charge on any atom is 0.417 e. The van der Waals surface area contributed by atoms with Gasteiger partial charge in [0, 0.05) is 12.2 Å². The molecule has 102 valence electrons. The molecule has 0 radical (unpaired) electrons. The van der Waals surface area contributed by atoms with Gasteiger partial charge in [0.1, 0.15) is 5.82 Å². The summed E-state index contributed by atoms with van der Waals surface area (Å²) in [7, 11) is 0. The molecular formula is C13H19F3N2. The third-order valence-electron chi connectivity index (χ3n) is 3.22. The molecule has 1 aromatic rings. The molecule has 1 rings (SSSR count). The molecule has 5 heteroatoms. The van der Waals surface area contributed by atoms with E-state index < -0.39 is 11.7 Å². The summed E-state index contributed by atoms with van der Waals surface area (Å²) < 4.78 is 37.1. The van der Waals surface area contributed by atoms with Crippen LogP contribution in [0.1, 0.15) is 39.2 Å². The van der Waals surface area contributed by atoms with E-state index in [2.05, 4.69) is 24.1 Å². The van der Waals surface area contributed by atoms with E-state index in [-0.39, 0.29) is 6.04 Å². The second-order valence-electron chi connectivity index (χ2n) is 4.44. The van der Waals surface area contributed by atoms with Gasteiger partial charge in [-0.1, -0.05) is 26.7 Å². The van der Waals surface area contributed by atoms with Crippen LogP contribution in [0.3, 0.4) is 0 Å². The van der Waals surface area contributed by atoms with E-state index in [9.17, 15) is 13.2 Å². The van der Waals surface area contributed by atoms with E-state index in [1.165, 1.54) is 6.07 Å². The Kier molecular flexibility index (Phi) is 4.99. The molecule has 1 aromatic heterocycles. The number of pyridine rings is 1. The second-order valence-corrected chi connectivity index (χ2v) is 4.44. The minimum absolute atomic E-state index is 0.198. The molecule has 0 spiro atoms. The number of halogens is 3. The molecule has 0 bridgehead atoms. The Morgan fingerprint density at radius 3 is 2.22 bits per heavy atom. The highest BCUT2D eigenvalue weighted by molar-refractivity contribution is 5.37. The van der Waals surface area contributed by atoms with E-state index in [1.807, 2.05) is 6.92 Å². The summed E-state index contributed by atoms with van der Waals surface area (Å²) >= 11 is 0. The molecule has 0 fully saturated rings. The lowest BCUT2D eigenvalue weighted by Crippen LogP contribution is -2.25. The Labute approximate surface area is 106 Å². The predicted octanol–water partition coefficient (Wildman–Crippen LogP) is 4.34. The average molecular weight is 260 g/mol. The van der Waals surface area contributed by atoms with Crippen molar-refractivity contribution in [3.05, 3.63) is 23.9 Å². The Bertz CT molecular complexity index is 355. The third-order valence-corrected chi connectivity index (χ3v) is 3.22. The van der Waals surface area contributed by atoms with E-state index >= 15 is 0 Å². The maximum absolute atomic E-state index is 12.4. The fourth-order valence-electron chi connectivity index (χ4n) is 1.99. The van der Waals surface area contributed by atoms with Crippen molar-refractivity contribution in [2.75, 3.05) is 5.32 Å². The lowest BCUT2D eigenvalue weighted by molar-refractivity contribution is -0.137. The normalized spacial score (nSPS) is 13.7. The van der Waals surface area contributed by atoms with E-state index in [0.717, 1.165) is 25.1 Å². The first kappa shape index (κ1) is 14.8. The molecule has 1 unspecified atom stereocenters. The minimum Gasteiger partial charge on any atom is -0.367 e. The van der Waals surface area contributed by atoms with Crippen LogP contribution in [0.2, 0.25) is 0 Å². The first-order valence-corrected chi connectivity index (χ1v) is 6.18. The number of nitrogens with one attached hydrogen (secondary N) is 1. The summed E-state index contributed by atoms with van der Waals surface area (Å²) in [6.45, 7) is 6.23. The zero-order chi connectivity index (χ0) is 13.8. The van der Waals surface area contributed by atoms with Gasteiger partial charge in [0.2, 0.25) is 0 Å². The first-order chi connectivity index (χ1) is 8.38. The Hall–Kier alpha value is -1.26. The Morgan fingerprint density at radius 1 is 1.22 bits per heavy atom. The van der Waals surface area contributed by atoms with Crippen molar-refractivity contribution in [3.8, 4) is 0 Å². The fourth-order valence-corrected chi connectivity index (χ4v) is 1.99. The van der Waals surface area contributed by atoms with Crippen LogP contribution in [-0.2, 0) is 6.18 Å². The zero-order valence-corrected chi connectivity index (χ0v) is 10.9. The van der Waals surface area contributed by atoms with Gasteiger partial charge in [-0.25, -0.2) is 4.98 Å². The molecule has 1 N–H and O–H groups in total. The number of anilines is 1. The van der Waals surface area contributed by atoms with E-state index in [0.29, 0.717) is 11.7 Å². The van der Waals surface area contributed by atoms with Crippen LogP contribution in [-0.4, -0.2) is 11.0 Å². The third kappa shape index (κ3) is 3.89. The van der Waals surface area contributed by atoms with Crippen LogP contribution in [0.25, 0.3) is 0 Å². The lowest BCUT2D eigenvalue weighted by Gasteiger charge is -2.23. The highest BCUT2D eigenvalue weighted by Gasteiger charge is 2.30. The second kappa shape index (κ2) is 6.07. The number of rotatable bonds is 5. The van der Waals surface area contributed by atoms with Crippen LogP contribution in [0.15, 0.2) is 18.3 Å². The van der Waals surface area contributed by atoms with Gasteiger partial charge < -0.3 is 5.32 Å². The summed E-state index contributed by atoms with van der Waals surface area (Å²) in [6, 6.07) is 2.63. The van der Waals surface area contributed by atoms with Crippen LogP contribution >= 0.6 is 0 Å². The molecule has 0 aliphatic heterocycles. The molecule has 0 saturated carbocycles. The average Bonchev–Trinajstić information content (AvgIpc) is 2.30. The standard InChI is InChI=1S/C13H19F3N2/c1-4-10(5-2)9(3)18-12-7-6-11(8-17-12)13(14,15)16/h6-10H,4-5H2,1-3H3,(H,17,18). The molecule has 0 amide bonds. The molecule has 2 nitrogen and oxygen atoms in total. The molecule has 18 heavy (non-hydrogen) atoms. The first-order valence-electron chi connectivity index (χ1n) is 6.18. The summed E-state index contributed by atoms with van der Waals surface area (Å²) in [5, 5.41) is 3.14. The number of nitrogens with zero attached hydrogens (tertiary/aromatic N) is 1. The van der Waals surface area contributed by atoms with Gasteiger partial charge in [0.15, 0.2) is 0 Å². The largest absolute Gasteiger partial charge is 0.417 e. The number of hydrogen-bond acceptors (Lipinski definition) is 2. The molecule has 1 atom stereocenters. The van der Waals surface area contributed by atoms with Crippen molar-refractivity contribution < 1.29 is 13.2 Å². The molecule has 0 aliphatic rings. The van der Waals surface area contributed by atoms with Gasteiger partial charge in [0.25, 0.3) is 0 Å². The molecule has 0 aliphatic carbocycles. The fraction of sp³-hybridized carbons (Fsp3) is 0.615. The number of hydrogen-bond donors (Lipinski definition) is 1. The minimum atomic E-state index is -4.33. The lowest BCUT2D eigenvalue weighted by atomic mass is 9.95. The van der Waals surface area contributed by atoms with Crippen LogP contribution in [0.4, 0.5) is 19.0 Å². The van der Waals surface area contributed by atoms with E-state index in [4.69, 9.17) is 0 Å². The topological polar surface area (TPSA) is 24.9 Å².